The van der Waals surface area contributed by atoms with E-state index >= 15 is 0 Å². The molecular formula is C12H11ClN2O4S. The van der Waals surface area contributed by atoms with E-state index < -0.39 is 15.8 Å². The highest BCUT2D eigenvalue weighted by molar-refractivity contribution is 7.90. The van der Waals surface area contributed by atoms with Gasteiger partial charge < -0.3 is 9.30 Å². The Labute approximate surface area is 120 Å². The van der Waals surface area contributed by atoms with E-state index in [1.165, 1.54) is 36.3 Å². The van der Waals surface area contributed by atoms with E-state index in [9.17, 15) is 13.2 Å². The minimum atomic E-state index is -3.56. The third-order valence-corrected chi connectivity index (χ3v) is 4.07. The first kappa shape index (κ1) is 14.5. The van der Waals surface area contributed by atoms with Crippen molar-refractivity contribution in [3.63, 3.8) is 0 Å². The third kappa shape index (κ3) is 2.68. The van der Waals surface area contributed by atoms with Gasteiger partial charge in [-0.2, -0.15) is 0 Å². The molecule has 0 spiro atoms. The number of benzene rings is 1. The molecule has 0 amide bonds. The zero-order valence-electron chi connectivity index (χ0n) is 10.7. The van der Waals surface area contributed by atoms with Crippen LogP contribution >= 0.6 is 11.6 Å². The van der Waals surface area contributed by atoms with Crippen LogP contribution in [0, 0.1) is 0 Å². The van der Waals surface area contributed by atoms with E-state index in [1.54, 1.807) is 6.20 Å². The summed E-state index contributed by atoms with van der Waals surface area (Å²) in [5.41, 5.74) is 0.320. The Kier molecular flexibility index (Phi) is 3.82. The molecule has 8 heteroatoms. The van der Waals surface area contributed by atoms with E-state index in [0.29, 0.717) is 5.69 Å². The van der Waals surface area contributed by atoms with Crippen LogP contribution in [0.5, 0.6) is 0 Å². The molecule has 0 radical (unpaired) electrons. The summed E-state index contributed by atoms with van der Waals surface area (Å²) in [6.07, 6.45) is 5.59. The van der Waals surface area contributed by atoms with Gasteiger partial charge in [0.15, 0.2) is 9.84 Å². The Bertz CT molecular complexity index is 754. The number of esters is 1. The molecule has 0 fully saturated rings. The Balaban J connectivity index is 2.76. The van der Waals surface area contributed by atoms with Gasteiger partial charge in [0.2, 0.25) is 0 Å². The molecule has 106 valence electrons. The number of ether oxygens (including phenoxy) is 1. The summed E-state index contributed by atoms with van der Waals surface area (Å²) in [7, 11) is -2.36. The highest BCUT2D eigenvalue weighted by atomic mass is 35.5. The van der Waals surface area contributed by atoms with Gasteiger partial charge in [-0.05, 0) is 12.1 Å². The molecule has 0 aliphatic carbocycles. The Morgan fingerprint density at radius 3 is 2.60 bits per heavy atom. The number of rotatable bonds is 3. The molecule has 0 atom stereocenters. The average Bonchev–Trinajstić information content (AvgIpc) is 2.89. The van der Waals surface area contributed by atoms with Crippen LogP contribution in [0.15, 0.2) is 35.7 Å². The van der Waals surface area contributed by atoms with Crippen molar-refractivity contribution in [1.29, 1.82) is 0 Å². The first-order chi connectivity index (χ1) is 9.34. The molecule has 0 saturated heterocycles. The lowest BCUT2D eigenvalue weighted by Crippen LogP contribution is -2.09. The predicted octanol–water partition coefficient (Wildman–Crippen LogP) is 1.72. The number of imidazole rings is 1. The van der Waals surface area contributed by atoms with Gasteiger partial charge in [0.1, 0.15) is 0 Å². The number of aromatic nitrogens is 2. The standard InChI is InChI=1S/C12H11ClN2O4S/c1-19-12(16)8-5-11(20(2,17)18)10(6-9(8)13)15-4-3-14-7-15/h3-7H,1-2H3. The van der Waals surface area contributed by atoms with E-state index in [1.807, 2.05) is 0 Å². The molecular weight excluding hydrogens is 304 g/mol. The predicted molar refractivity (Wildman–Crippen MR) is 73.0 cm³/mol. The number of carbonyl (C=O) groups excluding carboxylic acids is 1. The lowest BCUT2D eigenvalue weighted by molar-refractivity contribution is 0.0600. The summed E-state index contributed by atoms with van der Waals surface area (Å²) in [5.74, 6) is -0.697. The van der Waals surface area contributed by atoms with Crippen molar-refractivity contribution in [1.82, 2.24) is 9.55 Å². The number of carbonyl (C=O) groups is 1. The highest BCUT2D eigenvalue weighted by Gasteiger charge is 2.21. The van der Waals surface area contributed by atoms with Gasteiger partial charge in [-0.25, -0.2) is 18.2 Å². The second-order valence-corrected chi connectivity index (χ2v) is 6.42. The first-order valence-corrected chi connectivity index (χ1v) is 7.71. The molecule has 6 nitrogen and oxygen atoms in total. The van der Waals surface area contributed by atoms with Crippen molar-refractivity contribution in [2.24, 2.45) is 0 Å². The van der Waals surface area contributed by atoms with E-state index in [4.69, 9.17) is 11.6 Å². The van der Waals surface area contributed by atoms with Crippen LogP contribution in [0.2, 0.25) is 5.02 Å². The molecule has 2 rings (SSSR count). The number of halogens is 1. The molecule has 1 aromatic carbocycles. The number of methoxy groups -OCH3 is 1. The fourth-order valence-electron chi connectivity index (χ4n) is 1.71. The summed E-state index contributed by atoms with van der Waals surface area (Å²) in [6, 6.07) is 2.60. The number of hydrogen-bond acceptors (Lipinski definition) is 5. The normalized spacial score (nSPS) is 11.3. The van der Waals surface area contributed by atoms with Crippen molar-refractivity contribution in [2.45, 2.75) is 4.90 Å². The van der Waals surface area contributed by atoms with Crippen molar-refractivity contribution >= 4 is 27.4 Å². The SMILES string of the molecule is COC(=O)c1cc(S(C)(=O)=O)c(-n2ccnc2)cc1Cl. The van der Waals surface area contributed by atoms with E-state index in [-0.39, 0.29) is 15.5 Å². The van der Waals surface area contributed by atoms with Crippen molar-refractivity contribution in [3.05, 3.63) is 41.4 Å². The maximum Gasteiger partial charge on any atom is 0.339 e. The van der Waals surface area contributed by atoms with Crippen LogP contribution in [0.3, 0.4) is 0 Å². The third-order valence-electron chi connectivity index (χ3n) is 2.64. The van der Waals surface area contributed by atoms with Crippen LogP contribution < -0.4 is 0 Å². The fraction of sp³-hybridized carbons (Fsp3) is 0.167. The van der Waals surface area contributed by atoms with Gasteiger partial charge in [0.25, 0.3) is 0 Å². The molecule has 20 heavy (non-hydrogen) atoms. The maximum atomic E-state index is 11.9. The second-order valence-electron chi connectivity index (χ2n) is 4.03. The molecule has 0 saturated carbocycles. The minimum absolute atomic E-state index is 0.00143. The topological polar surface area (TPSA) is 78.3 Å². The van der Waals surface area contributed by atoms with Gasteiger partial charge in [0.05, 0.1) is 34.6 Å². The van der Waals surface area contributed by atoms with Gasteiger partial charge in [-0.1, -0.05) is 11.6 Å². The van der Waals surface area contributed by atoms with Gasteiger partial charge in [-0.15, -0.1) is 0 Å². The number of hydrogen-bond donors (Lipinski definition) is 0. The second kappa shape index (κ2) is 5.26. The molecule has 1 aromatic heterocycles. The van der Waals surface area contributed by atoms with Crippen LogP contribution in [-0.4, -0.2) is 37.3 Å². The smallest absolute Gasteiger partial charge is 0.339 e. The van der Waals surface area contributed by atoms with Gasteiger partial charge >= 0.3 is 5.97 Å². The summed E-state index contributed by atoms with van der Waals surface area (Å²) in [4.78, 5) is 15.4. The van der Waals surface area contributed by atoms with Crippen molar-refractivity contribution in [3.8, 4) is 5.69 Å². The lowest BCUT2D eigenvalue weighted by atomic mass is 10.2. The minimum Gasteiger partial charge on any atom is -0.465 e. The zero-order chi connectivity index (χ0) is 14.9. The molecule has 1 heterocycles. The highest BCUT2D eigenvalue weighted by Crippen LogP contribution is 2.28. The molecule has 0 unspecified atom stereocenters. The summed E-state index contributed by atoms with van der Waals surface area (Å²) < 4.78 is 29.9. The average molecular weight is 315 g/mol. The Morgan fingerprint density at radius 2 is 2.10 bits per heavy atom. The van der Waals surface area contributed by atoms with Crippen LogP contribution in [0.1, 0.15) is 10.4 Å². The zero-order valence-corrected chi connectivity index (χ0v) is 12.3. The molecule has 2 aromatic rings. The van der Waals surface area contributed by atoms with Crippen LogP contribution in [0.25, 0.3) is 5.69 Å². The van der Waals surface area contributed by atoms with Crippen LogP contribution in [-0.2, 0) is 14.6 Å². The number of nitrogens with zero attached hydrogens (tertiary/aromatic N) is 2. The van der Waals surface area contributed by atoms with Crippen molar-refractivity contribution in [2.75, 3.05) is 13.4 Å². The molecule has 0 aliphatic rings. The summed E-state index contributed by atoms with van der Waals surface area (Å²) >= 11 is 6.01. The quantitative estimate of drug-likeness (QED) is 0.806. The van der Waals surface area contributed by atoms with Gasteiger partial charge in [0, 0.05) is 18.6 Å². The largest absolute Gasteiger partial charge is 0.465 e. The number of sulfone groups is 1. The molecule has 0 aliphatic heterocycles. The monoisotopic (exact) mass is 314 g/mol. The van der Waals surface area contributed by atoms with E-state index in [2.05, 4.69) is 9.72 Å². The van der Waals surface area contributed by atoms with Crippen molar-refractivity contribution < 1.29 is 17.9 Å². The molecule has 0 bridgehead atoms. The Morgan fingerprint density at radius 1 is 1.40 bits per heavy atom. The summed E-state index contributed by atoms with van der Waals surface area (Å²) in [6.45, 7) is 0. The van der Waals surface area contributed by atoms with Crippen LogP contribution in [0.4, 0.5) is 0 Å². The lowest BCUT2D eigenvalue weighted by Gasteiger charge is -2.12. The van der Waals surface area contributed by atoms with E-state index in [0.717, 1.165) is 6.26 Å². The van der Waals surface area contributed by atoms with Gasteiger partial charge in [-0.3, -0.25) is 0 Å². The summed E-state index contributed by atoms with van der Waals surface area (Å²) in [5, 5.41) is 0.105. The Hall–Kier alpha value is -1.86. The first-order valence-electron chi connectivity index (χ1n) is 5.45. The molecule has 0 N–H and O–H groups in total. The fourth-order valence-corrected chi connectivity index (χ4v) is 2.82. The maximum absolute atomic E-state index is 11.9.